The van der Waals surface area contributed by atoms with E-state index in [1.165, 1.54) is 20.3 Å². The second kappa shape index (κ2) is 7.50. The van der Waals surface area contributed by atoms with Crippen molar-refractivity contribution in [1.82, 2.24) is 0 Å². The van der Waals surface area contributed by atoms with Crippen LogP contribution in [0.1, 0.15) is 6.92 Å². The molecule has 4 heteroatoms. The van der Waals surface area contributed by atoms with E-state index in [1.54, 1.807) is 0 Å². The lowest BCUT2D eigenvalue weighted by Crippen LogP contribution is -2.10. The Hall–Kier alpha value is -1.50. The van der Waals surface area contributed by atoms with Crippen molar-refractivity contribution >= 4 is 5.97 Å². The first-order chi connectivity index (χ1) is 4.68. The zero-order valence-corrected chi connectivity index (χ0v) is 5.84. The van der Waals surface area contributed by atoms with Gasteiger partial charge in [0.15, 0.2) is 0 Å². The third kappa shape index (κ3) is 6.50. The minimum absolute atomic E-state index is 0.201. The van der Waals surface area contributed by atoms with Gasteiger partial charge in [0.05, 0.1) is 18.9 Å². The summed E-state index contributed by atoms with van der Waals surface area (Å²) < 4.78 is 4.42. The van der Waals surface area contributed by atoms with Crippen molar-refractivity contribution in [3.63, 3.8) is 0 Å². The van der Waals surface area contributed by atoms with Gasteiger partial charge in [-0.1, -0.05) is 0 Å². The van der Waals surface area contributed by atoms with Gasteiger partial charge in [0.2, 0.25) is 0 Å². The van der Waals surface area contributed by atoms with Crippen LogP contribution in [0.5, 0.6) is 0 Å². The predicted molar refractivity (Wildman–Crippen MR) is 32.6 cm³/mol. The highest BCUT2D eigenvalue weighted by Gasteiger charge is 1.96. The Morgan fingerprint density at radius 3 is 2.20 bits per heavy atom. The average molecular weight is 143 g/mol. The summed E-state index contributed by atoms with van der Waals surface area (Å²) in [5.41, 5.74) is 0.201. The molecule has 0 aliphatic carbocycles. The minimum atomic E-state index is -0.952. The summed E-state index contributed by atoms with van der Waals surface area (Å²) in [5.74, 6) is -0.952. The van der Waals surface area contributed by atoms with Crippen LogP contribution in [0, 0.1) is 6.57 Å². The molecular weight excluding hydrogens is 134 g/mol. The standard InChI is InChI=1S/C5H8O3.CHN/c1-4(3-8-2)5(6)7;1-2/h3H,1-2H3,(H,6,7);2H. The van der Waals surface area contributed by atoms with Crippen LogP contribution in [0.25, 0.3) is 0 Å². The fourth-order valence-corrected chi connectivity index (χ4v) is 0.227. The first kappa shape index (κ1) is 11.3. The Kier molecular flexibility index (Phi) is 8.49. The molecule has 0 saturated carbocycles. The molecule has 0 bridgehead atoms. The van der Waals surface area contributed by atoms with Crippen LogP contribution >= 0.6 is 0 Å². The topological polar surface area (TPSA) is 70.3 Å². The molecule has 0 spiro atoms. The number of hydrogen-bond acceptors (Lipinski definition) is 2. The van der Waals surface area contributed by atoms with Crippen molar-refractivity contribution in [3.05, 3.63) is 18.4 Å². The van der Waals surface area contributed by atoms with Gasteiger partial charge < -0.3 is 15.1 Å². The van der Waals surface area contributed by atoms with E-state index in [-0.39, 0.29) is 5.57 Å². The van der Waals surface area contributed by atoms with E-state index in [2.05, 4.69) is 4.74 Å². The number of carboxylic acid groups (broad SMARTS) is 1. The van der Waals surface area contributed by atoms with E-state index in [0.717, 1.165) is 0 Å². The van der Waals surface area contributed by atoms with E-state index < -0.39 is 5.97 Å². The van der Waals surface area contributed by atoms with E-state index >= 15 is 0 Å². The second-order valence-corrected chi connectivity index (χ2v) is 1.34. The largest absolute Gasteiger partial charge is 0.504 e. The van der Waals surface area contributed by atoms with Gasteiger partial charge >= 0.3 is 5.97 Å². The molecular formula is C6H9NO3. The van der Waals surface area contributed by atoms with Crippen LogP contribution in [-0.4, -0.2) is 18.2 Å². The van der Waals surface area contributed by atoms with Crippen molar-refractivity contribution in [1.29, 1.82) is 0 Å². The summed E-state index contributed by atoms with van der Waals surface area (Å²) in [6.45, 7) is 6.46. The number of methoxy groups -OCH3 is 1. The Balaban J connectivity index is 0. The summed E-state index contributed by atoms with van der Waals surface area (Å²) in [6.07, 6.45) is 1.18. The molecule has 0 rings (SSSR count). The smallest absolute Gasteiger partial charge is 0.334 e. The van der Waals surface area contributed by atoms with Gasteiger partial charge in [-0.05, 0) is 6.92 Å². The highest BCUT2D eigenvalue weighted by atomic mass is 16.5. The molecule has 0 amide bonds. The van der Waals surface area contributed by atoms with Gasteiger partial charge in [-0.3, -0.25) is 0 Å². The third-order valence-electron chi connectivity index (χ3n) is 0.632. The monoisotopic (exact) mass is 143 g/mol. The van der Waals surface area contributed by atoms with Gasteiger partial charge in [-0.2, -0.15) is 0 Å². The third-order valence-corrected chi connectivity index (χ3v) is 0.632. The van der Waals surface area contributed by atoms with E-state index in [0.29, 0.717) is 0 Å². The highest BCUT2D eigenvalue weighted by Crippen LogP contribution is 1.89. The van der Waals surface area contributed by atoms with E-state index in [4.69, 9.17) is 16.9 Å². The maximum Gasteiger partial charge on any atom is 0.334 e. The van der Waals surface area contributed by atoms with Crippen molar-refractivity contribution < 1.29 is 19.9 Å². The second-order valence-electron chi connectivity index (χ2n) is 1.34. The molecule has 0 fully saturated rings. The Morgan fingerprint density at radius 2 is 2.10 bits per heavy atom. The number of rotatable bonds is 2. The average Bonchev–Trinajstić information content (AvgIpc) is 1.93. The molecule has 0 aromatic carbocycles. The molecule has 0 radical (unpaired) electrons. The molecule has 0 aliphatic heterocycles. The molecule has 4 nitrogen and oxygen atoms in total. The summed E-state index contributed by atoms with van der Waals surface area (Å²) in [4.78, 5) is 9.94. The molecule has 2 N–H and O–H groups in total. The molecule has 0 atom stereocenters. The lowest BCUT2D eigenvalue weighted by Gasteiger charge is -1.89. The number of ether oxygens (including phenoxy) is 1. The quantitative estimate of drug-likeness (QED) is 0.295. The maximum absolute atomic E-state index is 9.94. The summed E-state index contributed by atoms with van der Waals surface area (Å²) in [5, 5.41) is 13.2. The Morgan fingerprint density at radius 1 is 1.70 bits per heavy atom. The number of hydrogen-bond donors (Lipinski definition) is 2. The SMILES string of the molecule is COC=C(C)C(=O)O.[C-]#[NH+]. The molecule has 0 aromatic heterocycles. The van der Waals surface area contributed by atoms with Crippen molar-refractivity contribution in [2.24, 2.45) is 0 Å². The van der Waals surface area contributed by atoms with Gasteiger partial charge in [0.1, 0.15) is 0 Å². The first-order valence-electron chi connectivity index (χ1n) is 2.36. The van der Waals surface area contributed by atoms with Crippen LogP contribution in [0.2, 0.25) is 0 Å². The minimum Gasteiger partial charge on any atom is -0.504 e. The number of aliphatic carboxylic acids is 1. The summed E-state index contributed by atoms with van der Waals surface area (Å²) >= 11 is 0. The van der Waals surface area contributed by atoms with Crippen molar-refractivity contribution in [3.8, 4) is 0 Å². The summed E-state index contributed by atoms with van der Waals surface area (Å²) in [6, 6.07) is 0. The lowest BCUT2D eigenvalue weighted by atomic mass is 10.4. The molecule has 56 valence electrons. The van der Waals surface area contributed by atoms with E-state index in [1.807, 2.05) is 0 Å². The number of nitrogens with one attached hydrogen (secondary N) is 1. The van der Waals surface area contributed by atoms with Crippen LogP contribution < -0.4 is 5.26 Å². The normalized spacial score (nSPS) is 9.00. The molecule has 0 aromatic rings. The Bertz CT molecular complexity index is 148. The number of carbonyl (C=O) groups is 1. The Labute approximate surface area is 59.3 Å². The molecule has 0 saturated heterocycles. The highest BCUT2D eigenvalue weighted by molar-refractivity contribution is 5.85. The van der Waals surface area contributed by atoms with Gasteiger partial charge in [0, 0.05) is 0 Å². The fourth-order valence-electron chi connectivity index (χ4n) is 0.227. The zero-order valence-electron chi connectivity index (χ0n) is 5.84. The van der Waals surface area contributed by atoms with Crippen molar-refractivity contribution in [2.45, 2.75) is 6.92 Å². The van der Waals surface area contributed by atoms with Gasteiger partial charge in [-0.15, -0.1) is 0 Å². The lowest BCUT2D eigenvalue weighted by molar-refractivity contribution is -0.132. The van der Waals surface area contributed by atoms with Crippen LogP contribution in [0.15, 0.2) is 11.8 Å². The zero-order chi connectivity index (χ0) is 8.57. The summed E-state index contributed by atoms with van der Waals surface area (Å²) in [7, 11) is 1.41. The molecule has 0 unspecified atom stereocenters. The maximum atomic E-state index is 9.94. The molecule has 0 aliphatic rings. The molecule has 0 heterocycles. The van der Waals surface area contributed by atoms with E-state index in [9.17, 15) is 4.79 Å². The van der Waals surface area contributed by atoms with Crippen LogP contribution in [0.4, 0.5) is 0 Å². The first-order valence-corrected chi connectivity index (χ1v) is 2.36. The van der Waals surface area contributed by atoms with Crippen LogP contribution in [-0.2, 0) is 9.53 Å². The molecule has 10 heavy (non-hydrogen) atoms. The van der Waals surface area contributed by atoms with Crippen molar-refractivity contribution in [2.75, 3.05) is 7.11 Å². The van der Waals surface area contributed by atoms with Gasteiger partial charge in [-0.25, -0.2) is 11.4 Å². The van der Waals surface area contributed by atoms with Gasteiger partial charge in [0.25, 0.3) is 0 Å². The fraction of sp³-hybridized carbons (Fsp3) is 0.333. The predicted octanol–water partition coefficient (Wildman–Crippen LogP) is -1.03. The number of carboxylic acids is 1. The van der Waals surface area contributed by atoms with Crippen LogP contribution in [0.3, 0.4) is 0 Å².